The summed E-state index contributed by atoms with van der Waals surface area (Å²) in [6.45, 7) is 3.98. The number of hydrogen-bond acceptors (Lipinski definition) is 5. The molecule has 3 aromatic rings. The van der Waals surface area contributed by atoms with E-state index in [2.05, 4.69) is 25.1 Å². The minimum absolute atomic E-state index is 0.617. The number of anilines is 1. The molecular formula is C16H18ClN7. The molecule has 0 bridgehead atoms. The Labute approximate surface area is 144 Å². The molecule has 8 heteroatoms. The SMILES string of the molecule is Cc1c(Cl)ccc2nc(/C=C/c3nc(N4CCCC4)nn3C)nn12. The van der Waals surface area contributed by atoms with Gasteiger partial charge < -0.3 is 4.90 Å². The van der Waals surface area contributed by atoms with E-state index in [9.17, 15) is 0 Å². The van der Waals surface area contributed by atoms with Gasteiger partial charge in [-0.25, -0.2) is 14.2 Å². The Kier molecular flexibility index (Phi) is 3.72. The Morgan fingerprint density at radius 2 is 1.88 bits per heavy atom. The summed E-state index contributed by atoms with van der Waals surface area (Å²) in [7, 11) is 1.90. The van der Waals surface area contributed by atoms with Crippen LogP contribution >= 0.6 is 11.6 Å². The second-order valence-corrected chi connectivity index (χ2v) is 6.33. The summed E-state index contributed by atoms with van der Waals surface area (Å²) in [6, 6.07) is 3.69. The summed E-state index contributed by atoms with van der Waals surface area (Å²) in [5, 5.41) is 9.63. The number of aromatic nitrogens is 6. The first-order chi connectivity index (χ1) is 11.6. The van der Waals surface area contributed by atoms with E-state index in [1.165, 1.54) is 12.8 Å². The number of aryl methyl sites for hydroxylation is 2. The lowest BCUT2D eigenvalue weighted by Gasteiger charge is -2.10. The predicted octanol–water partition coefficient (Wildman–Crippen LogP) is 2.59. The van der Waals surface area contributed by atoms with E-state index >= 15 is 0 Å². The monoisotopic (exact) mass is 343 g/mol. The molecule has 0 aromatic carbocycles. The maximum Gasteiger partial charge on any atom is 0.245 e. The van der Waals surface area contributed by atoms with Gasteiger partial charge in [0.25, 0.3) is 0 Å². The number of halogens is 1. The highest BCUT2D eigenvalue weighted by Crippen LogP contribution is 2.18. The highest BCUT2D eigenvalue weighted by Gasteiger charge is 2.17. The molecule has 0 atom stereocenters. The Morgan fingerprint density at radius 3 is 2.67 bits per heavy atom. The van der Waals surface area contributed by atoms with Gasteiger partial charge in [-0.1, -0.05) is 11.6 Å². The zero-order chi connectivity index (χ0) is 16.7. The topological polar surface area (TPSA) is 64.1 Å². The molecule has 0 N–H and O–H groups in total. The second kappa shape index (κ2) is 5.90. The Balaban J connectivity index is 1.62. The largest absolute Gasteiger partial charge is 0.340 e. The Hall–Kier alpha value is -2.41. The molecule has 0 radical (unpaired) electrons. The summed E-state index contributed by atoms with van der Waals surface area (Å²) in [6.07, 6.45) is 6.14. The molecule has 1 fully saturated rings. The third kappa shape index (κ3) is 2.65. The lowest BCUT2D eigenvalue weighted by molar-refractivity contribution is 0.747. The van der Waals surface area contributed by atoms with Gasteiger partial charge >= 0.3 is 0 Å². The van der Waals surface area contributed by atoms with Crippen molar-refractivity contribution in [2.24, 2.45) is 7.05 Å². The molecule has 0 amide bonds. The predicted molar refractivity (Wildman–Crippen MR) is 94.1 cm³/mol. The fourth-order valence-corrected chi connectivity index (χ4v) is 3.01. The minimum Gasteiger partial charge on any atom is -0.340 e. The van der Waals surface area contributed by atoms with Crippen LogP contribution in [0.15, 0.2) is 12.1 Å². The van der Waals surface area contributed by atoms with E-state index in [-0.39, 0.29) is 0 Å². The molecule has 4 rings (SSSR count). The number of pyridine rings is 1. The average Bonchev–Trinajstić information content (AvgIpc) is 3.28. The molecular weight excluding hydrogens is 326 g/mol. The lowest BCUT2D eigenvalue weighted by atomic mass is 10.4. The summed E-state index contributed by atoms with van der Waals surface area (Å²) in [5.74, 6) is 2.19. The molecule has 0 aliphatic carbocycles. The third-order valence-electron chi connectivity index (χ3n) is 4.25. The second-order valence-electron chi connectivity index (χ2n) is 5.93. The first-order valence-corrected chi connectivity index (χ1v) is 8.35. The molecule has 0 spiro atoms. The first-order valence-electron chi connectivity index (χ1n) is 7.98. The van der Waals surface area contributed by atoms with Crippen LogP contribution in [0.4, 0.5) is 5.95 Å². The van der Waals surface area contributed by atoms with Crippen molar-refractivity contribution < 1.29 is 0 Å². The van der Waals surface area contributed by atoms with E-state index in [1.807, 2.05) is 38.3 Å². The number of rotatable bonds is 3. The molecule has 124 valence electrons. The van der Waals surface area contributed by atoms with Gasteiger partial charge in [-0.2, -0.15) is 4.98 Å². The molecule has 3 aromatic heterocycles. The van der Waals surface area contributed by atoms with Crippen LogP contribution in [-0.2, 0) is 7.05 Å². The summed E-state index contributed by atoms with van der Waals surface area (Å²) >= 11 is 6.12. The Morgan fingerprint density at radius 1 is 1.08 bits per heavy atom. The zero-order valence-electron chi connectivity index (χ0n) is 13.6. The van der Waals surface area contributed by atoms with Crippen molar-refractivity contribution in [3.05, 3.63) is 34.5 Å². The van der Waals surface area contributed by atoms with E-state index in [0.717, 1.165) is 36.2 Å². The van der Waals surface area contributed by atoms with Crippen LogP contribution in [-0.4, -0.2) is 42.5 Å². The Bertz CT molecular complexity index is 918. The molecule has 1 aliphatic rings. The van der Waals surface area contributed by atoms with Crippen molar-refractivity contribution in [3.8, 4) is 0 Å². The fourth-order valence-electron chi connectivity index (χ4n) is 2.86. The van der Waals surface area contributed by atoms with Gasteiger partial charge in [0.05, 0.1) is 10.7 Å². The molecule has 4 heterocycles. The van der Waals surface area contributed by atoms with Gasteiger partial charge in [-0.3, -0.25) is 0 Å². The average molecular weight is 344 g/mol. The number of nitrogens with zero attached hydrogens (tertiary/aromatic N) is 7. The summed E-state index contributed by atoms with van der Waals surface area (Å²) in [4.78, 5) is 11.3. The molecule has 1 saturated heterocycles. The zero-order valence-corrected chi connectivity index (χ0v) is 14.4. The van der Waals surface area contributed by atoms with Crippen molar-refractivity contribution in [3.63, 3.8) is 0 Å². The van der Waals surface area contributed by atoms with Gasteiger partial charge in [0.15, 0.2) is 17.3 Å². The van der Waals surface area contributed by atoms with Crippen LogP contribution in [0.1, 0.15) is 30.2 Å². The van der Waals surface area contributed by atoms with Gasteiger partial charge in [0.1, 0.15) is 0 Å². The maximum absolute atomic E-state index is 6.12. The molecule has 1 aliphatic heterocycles. The van der Waals surface area contributed by atoms with Crippen LogP contribution in [0.25, 0.3) is 17.8 Å². The van der Waals surface area contributed by atoms with Gasteiger partial charge in [0, 0.05) is 20.1 Å². The van der Waals surface area contributed by atoms with Crippen molar-refractivity contribution >= 4 is 35.3 Å². The van der Waals surface area contributed by atoms with E-state index < -0.39 is 0 Å². The van der Waals surface area contributed by atoms with Gasteiger partial charge in [-0.05, 0) is 44.1 Å². The molecule has 0 saturated carbocycles. The van der Waals surface area contributed by atoms with E-state index in [0.29, 0.717) is 10.8 Å². The first kappa shape index (κ1) is 15.1. The van der Waals surface area contributed by atoms with Crippen LogP contribution < -0.4 is 4.90 Å². The fraction of sp³-hybridized carbons (Fsp3) is 0.375. The van der Waals surface area contributed by atoms with Gasteiger partial charge in [0.2, 0.25) is 5.95 Å². The lowest BCUT2D eigenvalue weighted by Crippen LogP contribution is -2.19. The van der Waals surface area contributed by atoms with Crippen molar-refractivity contribution in [1.82, 2.24) is 29.4 Å². The minimum atomic E-state index is 0.617. The van der Waals surface area contributed by atoms with Crippen molar-refractivity contribution in [1.29, 1.82) is 0 Å². The quantitative estimate of drug-likeness (QED) is 0.731. The normalized spacial score (nSPS) is 15.2. The third-order valence-corrected chi connectivity index (χ3v) is 4.65. The highest BCUT2D eigenvalue weighted by atomic mass is 35.5. The van der Waals surface area contributed by atoms with Crippen molar-refractivity contribution in [2.45, 2.75) is 19.8 Å². The highest BCUT2D eigenvalue weighted by molar-refractivity contribution is 6.31. The van der Waals surface area contributed by atoms with Gasteiger partial charge in [-0.15, -0.1) is 10.2 Å². The smallest absolute Gasteiger partial charge is 0.245 e. The van der Waals surface area contributed by atoms with Crippen molar-refractivity contribution in [2.75, 3.05) is 18.0 Å². The number of fused-ring (bicyclic) bond motifs is 1. The van der Waals surface area contributed by atoms with Crippen LogP contribution in [0.2, 0.25) is 5.02 Å². The van der Waals surface area contributed by atoms with Crippen LogP contribution in [0, 0.1) is 6.92 Å². The molecule has 24 heavy (non-hydrogen) atoms. The molecule has 7 nitrogen and oxygen atoms in total. The van der Waals surface area contributed by atoms with Crippen LogP contribution in [0.5, 0.6) is 0 Å². The summed E-state index contributed by atoms with van der Waals surface area (Å²) in [5.41, 5.74) is 1.64. The maximum atomic E-state index is 6.12. The summed E-state index contributed by atoms with van der Waals surface area (Å²) < 4.78 is 3.52. The van der Waals surface area contributed by atoms with Crippen LogP contribution in [0.3, 0.4) is 0 Å². The number of hydrogen-bond donors (Lipinski definition) is 0. The van der Waals surface area contributed by atoms with E-state index in [4.69, 9.17) is 11.6 Å². The standard InChI is InChI=1S/C16H18ClN7/c1-11-12(17)5-7-15-18-13(20-24(11)15)6-8-14-19-16(21-22(14)2)23-9-3-4-10-23/h5-8H,3-4,9-10H2,1-2H3/b8-6+. The van der Waals surface area contributed by atoms with E-state index in [1.54, 1.807) is 9.20 Å². The molecule has 0 unspecified atom stereocenters.